The van der Waals surface area contributed by atoms with Gasteiger partial charge >= 0.3 is 0 Å². The van der Waals surface area contributed by atoms with Gasteiger partial charge in [-0.05, 0) is 25.5 Å². The van der Waals surface area contributed by atoms with Crippen LogP contribution < -0.4 is 10.2 Å². The minimum Gasteiger partial charge on any atom is -0.361 e. The maximum Gasteiger partial charge on any atom is 0.227 e. The van der Waals surface area contributed by atoms with Crippen LogP contribution >= 0.6 is 0 Å². The molecule has 0 aliphatic carbocycles. The van der Waals surface area contributed by atoms with Crippen LogP contribution in [0.5, 0.6) is 0 Å². The van der Waals surface area contributed by atoms with Crippen LogP contribution in [0.1, 0.15) is 18.2 Å². The lowest BCUT2D eigenvalue weighted by Gasteiger charge is -2.35. The second-order valence-corrected chi connectivity index (χ2v) is 7.13. The molecule has 0 spiro atoms. The first-order chi connectivity index (χ1) is 13.6. The quantitative estimate of drug-likeness (QED) is 0.714. The van der Waals surface area contributed by atoms with Crippen molar-refractivity contribution in [2.45, 2.75) is 20.3 Å². The van der Waals surface area contributed by atoms with E-state index in [1.165, 1.54) is 0 Å². The molecular weight excluding hydrogens is 352 g/mol. The number of piperazine rings is 1. The standard InChI is InChI=1S/C21H26N6O/c1-3-22-21-24-15(2)12-19(25-21)26-8-10-27(11-9-26)20(28)13-16-14-23-18-7-5-4-6-17(16)18/h4-7,12,14,23H,3,8-11,13H2,1-2H3,(H,22,24,25). The number of aromatic amines is 1. The molecule has 2 N–H and O–H groups in total. The summed E-state index contributed by atoms with van der Waals surface area (Å²) in [5, 5.41) is 4.30. The summed E-state index contributed by atoms with van der Waals surface area (Å²) < 4.78 is 0. The number of fused-ring (bicyclic) bond motifs is 1. The molecule has 7 nitrogen and oxygen atoms in total. The van der Waals surface area contributed by atoms with Crippen LogP contribution in [0.3, 0.4) is 0 Å². The number of rotatable bonds is 5. The highest BCUT2D eigenvalue weighted by Gasteiger charge is 2.23. The number of amides is 1. The van der Waals surface area contributed by atoms with E-state index in [2.05, 4.69) is 31.2 Å². The lowest BCUT2D eigenvalue weighted by molar-refractivity contribution is -0.130. The van der Waals surface area contributed by atoms with Crippen LogP contribution in [0.4, 0.5) is 11.8 Å². The van der Waals surface area contributed by atoms with Crippen LogP contribution in [0.25, 0.3) is 10.9 Å². The Morgan fingerprint density at radius 2 is 1.96 bits per heavy atom. The first-order valence-electron chi connectivity index (χ1n) is 9.81. The maximum absolute atomic E-state index is 12.8. The summed E-state index contributed by atoms with van der Waals surface area (Å²) in [7, 11) is 0. The van der Waals surface area contributed by atoms with E-state index in [9.17, 15) is 4.79 Å². The van der Waals surface area contributed by atoms with Crippen LogP contribution in [0, 0.1) is 6.92 Å². The third kappa shape index (κ3) is 3.78. The average molecular weight is 378 g/mol. The number of aromatic nitrogens is 3. The summed E-state index contributed by atoms with van der Waals surface area (Å²) in [5.41, 5.74) is 3.08. The predicted molar refractivity (Wildman–Crippen MR) is 112 cm³/mol. The van der Waals surface area contributed by atoms with Crippen molar-refractivity contribution in [1.82, 2.24) is 19.9 Å². The molecule has 3 aromatic rings. The van der Waals surface area contributed by atoms with Gasteiger partial charge in [0.25, 0.3) is 0 Å². The van der Waals surface area contributed by atoms with Gasteiger partial charge in [0.2, 0.25) is 11.9 Å². The molecule has 0 saturated carbocycles. The van der Waals surface area contributed by atoms with E-state index in [0.717, 1.165) is 47.6 Å². The van der Waals surface area contributed by atoms with Crippen LogP contribution in [0.2, 0.25) is 0 Å². The monoisotopic (exact) mass is 378 g/mol. The third-order valence-corrected chi connectivity index (χ3v) is 5.15. The number of hydrogen-bond acceptors (Lipinski definition) is 5. The first-order valence-corrected chi connectivity index (χ1v) is 9.81. The molecule has 0 radical (unpaired) electrons. The van der Waals surface area contributed by atoms with Crippen molar-refractivity contribution in [2.24, 2.45) is 0 Å². The Morgan fingerprint density at radius 3 is 2.75 bits per heavy atom. The number of H-pyrrole nitrogens is 1. The lowest BCUT2D eigenvalue weighted by atomic mass is 10.1. The Labute approximate surface area is 164 Å². The van der Waals surface area contributed by atoms with E-state index in [-0.39, 0.29) is 5.91 Å². The highest BCUT2D eigenvalue weighted by Crippen LogP contribution is 2.20. The summed E-state index contributed by atoms with van der Waals surface area (Å²) >= 11 is 0. The van der Waals surface area contributed by atoms with E-state index in [1.807, 2.05) is 49.2 Å². The molecule has 146 valence electrons. The highest BCUT2D eigenvalue weighted by molar-refractivity contribution is 5.89. The Hall–Kier alpha value is -3.09. The predicted octanol–water partition coefficient (Wildman–Crippen LogP) is 2.59. The van der Waals surface area contributed by atoms with Gasteiger partial charge in [0.05, 0.1) is 6.42 Å². The van der Waals surface area contributed by atoms with Crippen LogP contribution in [-0.4, -0.2) is 58.5 Å². The van der Waals surface area contributed by atoms with Gasteiger partial charge in [-0.15, -0.1) is 0 Å². The van der Waals surface area contributed by atoms with Gasteiger partial charge in [-0.1, -0.05) is 18.2 Å². The van der Waals surface area contributed by atoms with Crippen molar-refractivity contribution in [3.63, 3.8) is 0 Å². The van der Waals surface area contributed by atoms with Gasteiger partial charge in [-0.3, -0.25) is 4.79 Å². The van der Waals surface area contributed by atoms with Crippen molar-refractivity contribution in [3.8, 4) is 0 Å². The van der Waals surface area contributed by atoms with Gasteiger partial charge in [0.1, 0.15) is 5.82 Å². The Morgan fingerprint density at radius 1 is 1.18 bits per heavy atom. The summed E-state index contributed by atoms with van der Waals surface area (Å²) in [4.78, 5) is 29.3. The molecular formula is C21H26N6O. The zero-order valence-electron chi connectivity index (χ0n) is 16.4. The highest BCUT2D eigenvalue weighted by atomic mass is 16.2. The van der Waals surface area contributed by atoms with E-state index in [0.29, 0.717) is 25.5 Å². The SMILES string of the molecule is CCNc1nc(C)cc(N2CCN(C(=O)Cc3c[nH]c4ccccc34)CC2)n1. The van der Waals surface area contributed by atoms with Gasteiger partial charge in [0.15, 0.2) is 0 Å². The molecule has 28 heavy (non-hydrogen) atoms. The normalized spacial score (nSPS) is 14.5. The summed E-state index contributed by atoms with van der Waals surface area (Å²) in [6, 6.07) is 10.1. The number of carbonyl (C=O) groups is 1. The van der Waals surface area contributed by atoms with Crippen molar-refractivity contribution in [2.75, 3.05) is 42.9 Å². The van der Waals surface area contributed by atoms with Gasteiger partial charge < -0.3 is 20.1 Å². The van der Waals surface area contributed by atoms with Crippen molar-refractivity contribution >= 4 is 28.6 Å². The fraction of sp³-hybridized carbons (Fsp3) is 0.381. The lowest BCUT2D eigenvalue weighted by Crippen LogP contribution is -2.49. The first kappa shape index (κ1) is 18.3. The molecule has 2 aromatic heterocycles. The van der Waals surface area contributed by atoms with Crippen LogP contribution in [-0.2, 0) is 11.2 Å². The van der Waals surface area contributed by atoms with E-state index in [1.54, 1.807) is 0 Å². The second kappa shape index (κ2) is 7.88. The third-order valence-electron chi connectivity index (χ3n) is 5.15. The molecule has 1 saturated heterocycles. The fourth-order valence-electron chi connectivity index (χ4n) is 3.69. The van der Waals surface area contributed by atoms with E-state index in [4.69, 9.17) is 0 Å². The van der Waals surface area contributed by atoms with Crippen molar-refractivity contribution < 1.29 is 4.79 Å². The molecule has 1 aromatic carbocycles. The molecule has 4 rings (SSSR count). The fourth-order valence-corrected chi connectivity index (χ4v) is 3.69. The van der Waals surface area contributed by atoms with Crippen molar-refractivity contribution in [3.05, 3.63) is 47.8 Å². The molecule has 1 aliphatic heterocycles. The van der Waals surface area contributed by atoms with Gasteiger partial charge in [-0.25, -0.2) is 4.98 Å². The molecule has 1 amide bonds. The second-order valence-electron chi connectivity index (χ2n) is 7.13. The topological polar surface area (TPSA) is 77.2 Å². The number of para-hydroxylation sites is 1. The molecule has 1 fully saturated rings. The Kier molecular flexibility index (Phi) is 5.14. The summed E-state index contributed by atoms with van der Waals surface area (Å²) in [6.45, 7) is 7.78. The number of nitrogens with zero attached hydrogens (tertiary/aromatic N) is 4. The summed E-state index contributed by atoms with van der Waals surface area (Å²) in [5.74, 6) is 1.76. The van der Waals surface area contributed by atoms with Crippen LogP contribution in [0.15, 0.2) is 36.5 Å². The van der Waals surface area contributed by atoms with E-state index < -0.39 is 0 Å². The Bertz CT molecular complexity index is 974. The zero-order chi connectivity index (χ0) is 19.5. The molecule has 3 heterocycles. The molecule has 0 bridgehead atoms. The summed E-state index contributed by atoms with van der Waals surface area (Å²) in [6.07, 6.45) is 2.38. The molecule has 0 atom stereocenters. The van der Waals surface area contributed by atoms with Crippen molar-refractivity contribution in [1.29, 1.82) is 0 Å². The zero-order valence-corrected chi connectivity index (χ0v) is 16.4. The average Bonchev–Trinajstić information content (AvgIpc) is 3.11. The minimum absolute atomic E-state index is 0.177. The number of benzene rings is 1. The van der Waals surface area contributed by atoms with E-state index >= 15 is 0 Å². The maximum atomic E-state index is 12.8. The van der Waals surface area contributed by atoms with Gasteiger partial charge in [-0.2, -0.15) is 4.98 Å². The number of aryl methyl sites for hydroxylation is 1. The number of nitrogens with one attached hydrogen (secondary N) is 2. The number of carbonyl (C=O) groups excluding carboxylic acids is 1. The molecule has 0 unspecified atom stereocenters. The largest absolute Gasteiger partial charge is 0.361 e. The van der Waals surface area contributed by atoms with Gasteiger partial charge in [0, 0.05) is 61.6 Å². The molecule has 1 aliphatic rings. The minimum atomic E-state index is 0.177. The smallest absolute Gasteiger partial charge is 0.227 e. The molecule has 7 heteroatoms. The number of hydrogen-bond donors (Lipinski definition) is 2. The Balaban J connectivity index is 1.39. The number of anilines is 2.